The number of anilines is 3. The molecule has 0 aliphatic heterocycles. The van der Waals surface area contributed by atoms with E-state index in [1.807, 2.05) is 11.3 Å². The van der Waals surface area contributed by atoms with Gasteiger partial charge in [0.25, 0.3) is 0 Å². The van der Waals surface area contributed by atoms with Gasteiger partial charge in [-0.3, -0.25) is 0 Å². The second-order valence-corrected chi connectivity index (χ2v) is 21.1. The summed E-state index contributed by atoms with van der Waals surface area (Å²) in [7, 11) is 0. The highest BCUT2D eigenvalue weighted by atomic mass is 32.1. The van der Waals surface area contributed by atoms with Gasteiger partial charge in [0.05, 0.1) is 11.1 Å². The van der Waals surface area contributed by atoms with Crippen LogP contribution in [0.5, 0.6) is 0 Å². The van der Waals surface area contributed by atoms with Gasteiger partial charge in [0.15, 0.2) is 0 Å². The standard InChI is InChI=1S/C70H49NS/c1-69(2)61-26-12-10-25-58(61)68-64(69)28-16-29-65(68)71(54-39-35-48(36-40-54)51-38-42-67-60(45-51)57-24-11-14-30-66(57)72-67)55-22-15-17-49(43-55)46-31-33-47(34-32-46)50-37-41-63-59(44-50)56-23-9-13-27-62(56)70(63,52-18-5-3-6-19-52)53-20-7-4-8-21-53/h3-45H,1-2H3. The highest BCUT2D eigenvalue weighted by Crippen LogP contribution is 2.57. The van der Waals surface area contributed by atoms with Gasteiger partial charge in [-0.2, -0.15) is 0 Å². The first kappa shape index (κ1) is 42.3. The smallest absolute Gasteiger partial charge is 0.0713 e. The summed E-state index contributed by atoms with van der Waals surface area (Å²) in [5, 5.41) is 2.64. The van der Waals surface area contributed by atoms with Gasteiger partial charge >= 0.3 is 0 Å². The van der Waals surface area contributed by atoms with Crippen LogP contribution in [0.3, 0.4) is 0 Å². The fourth-order valence-electron chi connectivity index (χ4n) is 12.4. The second kappa shape index (κ2) is 16.5. The van der Waals surface area contributed by atoms with Gasteiger partial charge in [-0.15, -0.1) is 11.3 Å². The molecule has 0 atom stereocenters. The molecule has 1 heterocycles. The molecule has 12 aromatic rings. The summed E-state index contributed by atoms with van der Waals surface area (Å²) in [5.41, 5.74) is 23.2. The van der Waals surface area contributed by atoms with Crippen molar-refractivity contribution in [1.82, 2.24) is 0 Å². The Morgan fingerprint density at radius 1 is 0.319 bits per heavy atom. The van der Waals surface area contributed by atoms with Crippen LogP contribution in [0.15, 0.2) is 261 Å². The Kier molecular flexibility index (Phi) is 9.71. The fourth-order valence-corrected chi connectivity index (χ4v) is 13.5. The number of rotatable bonds is 8. The van der Waals surface area contributed by atoms with Gasteiger partial charge in [0.2, 0.25) is 0 Å². The Morgan fingerprint density at radius 3 is 1.58 bits per heavy atom. The molecular weight excluding hydrogens is 887 g/mol. The molecule has 0 amide bonds. The predicted molar refractivity (Wildman–Crippen MR) is 305 cm³/mol. The lowest BCUT2D eigenvalue weighted by Gasteiger charge is -2.33. The quantitative estimate of drug-likeness (QED) is 0.147. The van der Waals surface area contributed by atoms with E-state index in [2.05, 4.69) is 280 Å². The topological polar surface area (TPSA) is 3.24 Å². The van der Waals surface area contributed by atoms with Crippen LogP contribution < -0.4 is 4.90 Å². The van der Waals surface area contributed by atoms with E-state index < -0.39 is 5.41 Å². The van der Waals surface area contributed by atoms with E-state index in [0.29, 0.717) is 0 Å². The summed E-state index contributed by atoms with van der Waals surface area (Å²) in [5.74, 6) is 0. The molecule has 0 radical (unpaired) electrons. The van der Waals surface area contributed by atoms with Crippen molar-refractivity contribution in [3.8, 4) is 55.6 Å². The average molecular weight is 936 g/mol. The molecule has 0 unspecified atom stereocenters. The van der Waals surface area contributed by atoms with Crippen LogP contribution >= 0.6 is 11.3 Å². The Hall–Kier alpha value is -8.56. The van der Waals surface area contributed by atoms with Gasteiger partial charge in [-0.05, 0) is 138 Å². The minimum absolute atomic E-state index is 0.124. The van der Waals surface area contributed by atoms with E-state index in [4.69, 9.17) is 0 Å². The summed E-state index contributed by atoms with van der Waals surface area (Å²) < 4.78 is 2.65. The summed E-state index contributed by atoms with van der Waals surface area (Å²) in [6.07, 6.45) is 0. The lowest BCUT2D eigenvalue weighted by atomic mass is 9.67. The van der Waals surface area contributed by atoms with E-state index in [0.717, 1.165) is 11.4 Å². The van der Waals surface area contributed by atoms with Crippen molar-refractivity contribution in [2.24, 2.45) is 0 Å². The van der Waals surface area contributed by atoms with E-state index in [-0.39, 0.29) is 5.41 Å². The molecule has 0 N–H and O–H groups in total. The maximum absolute atomic E-state index is 2.47. The first-order chi connectivity index (χ1) is 35.4. The first-order valence-corrected chi connectivity index (χ1v) is 25.9. The predicted octanol–water partition coefficient (Wildman–Crippen LogP) is 19.2. The molecule has 2 aliphatic carbocycles. The van der Waals surface area contributed by atoms with Crippen LogP contribution in [0.1, 0.15) is 47.2 Å². The van der Waals surface area contributed by atoms with Crippen molar-refractivity contribution in [2.45, 2.75) is 24.7 Å². The summed E-state index contributed by atoms with van der Waals surface area (Å²) in [6.45, 7) is 4.73. The Morgan fingerprint density at radius 2 is 0.847 bits per heavy atom. The van der Waals surface area contributed by atoms with Crippen LogP contribution in [-0.4, -0.2) is 0 Å². The molecule has 2 aliphatic rings. The molecule has 2 heteroatoms. The molecule has 1 nitrogen and oxygen atoms in total. The van der Waals surface area contributed by atoms with Gasteiger partial charge in [-0.25, -0.2) is 0 Å². The zero-order valence-electron chi connectivity index (χ0n) is 40.2. The molecule has 11 aromatic carbocycles. The number of thiophene rings is 1. The SMILES string of the molecule is CC1(C)c2ccccc2-c2c(N(c3ccc(-c4ccc5sc6ccccc6c5c4)cc3)c3cccc(-c4ccc(-c5ccc6c(c5)-c5ccccc5C6(c5ccccc5)c5ccccc5)cc4)c3)cccc21. The molecule has 0 bridgehead atoms. The van der Waals surface area contributed by atoms with Crippen LogP contribution in [0.2, 0.25) is 0 Å². The molecule has 72 heavy (non-hydrogen) atoms. The minimum Gasteiger partial charge on any atom is -0.310 e. The maximum Gasteiger partial charge on any atom is 0.0713 e. The third-order valence-corrected chi connectivity index (χ3v) is 16.9. The molecular formula is C70H49NS. The Labute approximate surface area is 425 Å². The molecule has 0 saturated heterocycles. The van der Waals surface area contributed by atoms with Crippen molar-refractivity contribution in [3.05, 3.63) is 294 Å². The number of nitrogens with zero attached hydrogens (tertiary/aromatic N) is 1. The molecule has 0 spiro atoms. The number of fused-ring (bicyclic) bond motifs is 9. The third kappa shape index (κ3) is 6.46. The van der Waals surface area contributed by atoms with Crippen molar-refractivity contribution in [1.29, 1.82) is 0 Å². The Bertz CT molecular complexity index is 4010. The van der Waals surface area contributed by atoms with Gasteiger partial charge in [0.1, 0.15) is 0 Å². The molecule has 340 valence electrons. The number of hydrogen-bond acceptors (Lipinski definition) is 2. The van der Waals surface area contributed by atoms with Crippen molar-refractivity contribution in [3.63, 3.8) is 0 Å². The molecule has 0 saturated carbocycles. The monoisotopic (exact) mass is 935 g/mol. The normalized spacial score (nSPS) is 13.6. The lowest BCUT2D eigenvalue weighted by molar-refractivity contribution is 0.660. The second-order valence-electron chi connectivity index (χ2n) is 20.0. The van der Waals surface area contributed by atoms with Crippen molar-refractivity contribution < 1.29 is 0 Å². The summed E-state index contributed by atoms with van der Waals surface area (Å²) >= 11 is 1.86. The minimum atomic E-state index is -0.411. The highest BCUT2D eigenvalue weighted by Gasteiger charge is 2.46. The van der Waals surface area contributed by atoms with Crippen molar-refractivity contribution in [2.75, 3.05) is 4.90 Å². The highest BCUT2D eigenvalue weighted by molar-refractivity contribution is 7.25. The first-order valence-electron chi connectivity index (χ1n) is 25.1. The molecule has 0 fully saturated rings. The zero-order valence-corrected chi connectivity index (χ0v) is 41.0. The van der Waals surface area contributed by atoms with E-state index >= 15 is 0 Å². The average Bonchev–Trinajstić information content (AvgIpc) is 4.05. The zero-order chi connectivity index (χ0) is 48.0. The van der Waals surface area contributed by atoms with Gasteiger partial charge in [-0.1, -0.05) is 220 Å². The fraction of sp³-hybridized carbons (Fsp3) is 0.0571. The largest absolute Gasteiger partial charge is 0.310 e. The molecule has 14 rings (SSSR count). The van der Waals surface area contributed by atoms with Gasteiger partial charge in [0, 0.05) is 42.5 Å². The van der Waals surface area contributed by atoms with E-state index in [9.17, 15) is 0 Å². The van der Waals surface area contributed by atoms with E-state index in [1.54, 1.807) is 0 Å². The summed E-state index contributed by atoms with van der Waals surface area (Å²) in [4.78, 5) is 2.47. The Balaban J connectivity index is 0.850. The maximum atomic E-state index is 2.47. The number of benzene rings is 11. The lowest BCUT2D eigenvalue weighted by Crippen LogP contribution is -2.28. The summed E-state index contributed by atoms with van der Waals surface area (Å²) in [6, 6.07) is 97.1. The van der Waals surface area contributed by atoms with Crippen LogP contribution in [0, 0.1) is 0 Å². The third-order valence-electron chi connectivity index (χ3n) is 15.8. The van der Waals surface area contributed by atoms with Crippen LogP contribution in [0.25, 0.3) is 75.8 Å². The van der Waals surface area contributed by atoms with E-state index in [1.165, 1.54) is 115 Å². The van der Waals surface area contributed by atoms with Crippen LogP contribution in [-0.2, 0) is 10.8 Å². The van der Waals surface area contributed by atoms with Crippen LogP contribution in [0.4, 0.5) is 17.1 Å². The van der Waals surface area contributed by atoms with Gasteiger partial charge < -0.3 is 4.90 Å². The van der Waals surface area contributed by atoms with Crippen molar-refractivity contribution >= 4 is 48.6 Å². The number of hydrogen-bond donors (Lipinski definition) is 0. The molecule has 1 aromatic heterocycles.